The molecule has 5 unspecified atom stereocenters. The summed E-state index contributed by atoms with van der Waals surface area (Å²) >= 11 is 0. The van der Waals surface area contributed by atoms with Crippen molar-refractivity contribution in [2.45, 2.75) is 65.6 Å². The Balaban J connectivity index is 1.89. The molecular weight excluding hydrogens is 332 g/mol. The molecule has 2 fully saturated rings. The molecule has 26 heavy (non-hydrogen) atoms. The molecule has 0 radical (unpaired) electrons. The Morgan fingerprint density at radius 3 is 2.77 bits per heavy atom. The maximum atomic E-state index is 12.7. The van der Waals surface area contributed by atoms with Crippen molar-refractivity contribution in [1.29, 1.82) is 0 Å². The highest BCUT2D eigenvalue weighted by Gasteiger charge is 2.72. The quantitative estimate of drug-likeness (QED) is 0.581. The largest absolute Gasteiger partial charge is 0.465 e. The van der Waals surface area contributed by atoms with Gasteiger partial charge in [0.25, 0.3) is 0 Å². The van der Waals surface area contributed by atoms with E-state index in [0.717, 1.165) is 30.4 Å². The topological polar surface area (TPSA) is 65.7 Å². The van der Waals surface area contributed by atoms with Gasteiger partial charge in [-0.2, -0.15) is 0 Å². The van der Waals surface area contributed by atoms with Crippen molar-refractivity contribution in [2.75, 3.05) is 0 Å². The molecule has 1 saturated carbocycles. The van der Waals surface area contributed by atoms with E-state index in [2.05, 4.69) is 6.92 Å². The molecule has 5 heteroatoms. The summed E-state index contributed by atoms with van der Waals surface area (Å²) in [7, 11) is 0. The zero-order valence-corrected chi connectivity index (χ0v) is 16.0. The SMILES string of the molecule is CC=C(C)C(=O)OC1c2occ(C)c2C2(C)OC(=O)C3CCCC1C32C. The summed E-state index contributed by atoms with van der Waals surface area (Å²) < 4.78 is 17.8. The van der Waals surface area contributed by atoms with Gasteiger partial charge >= 0.3 is 11.9 Å². The van der Waals surface area contributed by atoms with Crippen molar-refractivity contribution in [1.82, 2.24) is 0 Å². The fourth-order valence-corrected chi connectivity index (χ4v) is 5.55. The van der Waals surface area contributed by atoms with Gasteiger partial charge in [-0.1, -0.05) is 19.4 Å². The molecule has 0 aromatic carbocycles. The summed E-state index contributed by atoms with van der Waals surface area (Å²) in [6, 6.07) is 0. The Morgan fingerprint density at radius 2 is 2.08 bits per heavy atom. The highest BCUT2D eigenvalue weighted by molar-refractivity contribution is 5.88. The Bertz CT molecular complexity index is 818. The monoisotopic (exact) mass is 358 g/mol. The van der Waals surface area contributed by atoms with Crippen LogP contribution in [0.15, 0.2) is 22.3 Å². The maximum Gasteiger partial charge on any atom is 0.334 e. The van der Waals surface area contributed by atoms with Crippen molar-refractivity contribution in [3.8, 4) is 0 Å². The van der Waals surface area contributed by atoms with Crippen molar-refractivity contribution < 1.29 is 23.5 Å². The van der Waals surface area contributed by atoms with E-state index in [0.29, 0.717) is 11.3 Å². The lowest BCUT2D eigenvalue weighted by Crippen LogP contribution is -2.54. The van der Waals surface area contributed by atoms with Crippen LogP contribution in [0.25, 0.3) is 0 Å². The van der Waals surface area contributed by atoms with Gasteiger partial charge in [0.15, 0.2) is 11.9 Å². The number of aryl methyl sites for hydroxylation is 1. The van der Waals surface area contributed by atoms with E-state index in [1.165, 1.54) is 0 Å². The number of fused-ring (bicyclic) bond motifs is 2. The van der Waals surface area contributed by atoms with E-state index < -0.39 is 17.1 Å². The van der Waals surface area contributed by atoms with Crippen LogP contribution in [-0.4, -0.2) is 11.9 Å². The minimum absolute atomic E-state index is 0.00986. The summed E-state index contributed by atoms with van der Waals surface area (Å²) in [5, 5.41) is 0. The van der Waals surface area contributed by atoms with Crippen LogP contribution in [0, 0.1) is 24.2 Å². The molecule has 0 spiro atoms. The number of esters is 2. The van der Waals surface area contributed by atoms with Crippen molar-refractivity contribution in [2.24, 2.45) is 17.3 Å². The van der Waals surface area contributed by atoms with E-state index in [1.807, 2.05) is 20.8 Å². The van der Waals surface area contributed by atoms with Crippen LogP contribution in [-0.2, 0) is 24.7 Å². The van der Waals surface area contributed by atoms with Crippen LogP contribution >= 0.6 is 0 Å². The zero-order valence-electron chi connectivity index (χ0n) is 16.0. The fraction of sp³-hybridized carbons (Fsp3) is 0.619. The smallest absolute Gasteiger partial charge is 0.334 e. The van der Waals surface area contributed by atoms with Gasteiger partial charge in [0.1, 0.15) is 5.60 Å². The molecule has 1 aliphatic heterocycles. The minimum atomic E-state index is -0.745. The number of rotatable bonds is 2. The van der Waals surface area contributed by atoms with Gasteiger partial charge in [-0.15, -0.1) is 0 Å². The number of allylic oxidation sites excluding steroid dienone is 1. The van der Waals surface area contributed by atoms with Crippen LogP contribution in [0.5, 0.6) is 0 Å². The lowest BCUT2D eigenvalue weighted by Gasteiger charge is -2.53. The van der Waals surface area contributed by atoms with E-state index in [-0.39, 0.29) is 23.8 Å². The third kappa shape index (κ3) is 1.92. The van der Waals surface area contributed by atoms with Crippen molar-refractivity contribution in [3.05, 3.63) is 34.8 Å². The van der Waals surface area contributed by atoms with E-state index >= 15 is 0 Å². The number of ether oxygens (including phenoxy) is 2. The van der Waals surface area contributed by atoms with E-state index in [4.69, 9.17) is 13.9 Å². The van der Waals surface area contributed by atoms with Gasteiger partial charge in [-0.3, -0.25) is 4.79 Å². The number of furan rings is 1. The number of carbonyl (C=O) groups excluding carboxylic acids is 2. The first-order valence-electron chi connectivity index (χ1n) is 9.41. The normalized spacial score (nSPS) is 38.4. The van der Waals surface area contributed by atoms with Crippen molar-refractivity contribution in [3.63, 3.8) is 0 Å². The predicted octanol–water partition coefficient (Wildman–Crippen LogP) is 4.35. The second-order valence-corrected chi connectivity index (χ2v) is 8.28. The van der Waals surface area contributed by atoms with Crippen LogP contribution < -0.4 is 0 Å². The summed E-state index contributed by atoms with van der Waals surface area (Å²) in [6.07, 6.45) is 5.56. The van der Waals surface area contributed by atoms with Gasteiger partial charge in [0.05, 0.1) is 12.2 Å². The molecule has 4 rings (SSSR count). The number of hydrogen-bond acceptors (Lipinski definition) is 5. The molecule has 1 aromatic rings. The van der Waals surface area contributed by atoms with Gasteiger partial charge < -0.3 is 13.9 Å². The van der Waals surface area contributed by atoms with Gasteiger partial charge in [0, 0.05) is 22.5 Å². The summed E-state index contributed by atoms with van der Waals surface area (Å²) in [5.41, 5.74) is 1.22. The molecule has 1 saturated heterocycles. The summed E-state index contributed by atoms with van der Waals surface area (Å²) in [6.45, 7) is 9.65. The standard InChI is InChI=1S/C21H26O5/c1-6-11(2)18(22)25-16-13-8-7-9-14-19(23)26-21(5,20(13,14)4)15-12(3)10-24-17(15)16/h6,10,13-14,16H,7-9H2,1-5H3. The first-order valence-corrected chi connectivity index (χ1v) is 9.41. The molecule has 5 atom stereocenters. The highest BCUT2D eigenvalue weighted by Crippen LogP contribution is 2.69. The van der Waals surface area contributed by atoms with Gasteiger partial charge in [-0.05, 0) is 46.1 Å². The highest BCUT2D eigenvalue weighted by atomic mass is 16.6. The molecule has 0 amide bonds. The van der Waals surface area contributed by atoms with E-state index in [1.54, 1.807) is 19.3 Å². The molecule has 5 nitrogen and oxygen atoms in total. The molecule has 3 aliphatic rings. The van der Waals surface area contributed by atoms with Crippen LogP contribution in [0.2, 0.25) is 0 Å². The summed E-state index contributed by atoms with van der Waals surface area (Å²) in [4.78, 5) is 25.2. The van der Waals surface area contributed by atoms with Crippen LogP contribution in [0.1, 0.15) is 69.9 Å². The Kier molecular flexibility index (Phi) is 3.66. The third-order valence-electron chi connectivity index (χ3n) is 7.21. The molecule has 1 aromatic heterocycles. The molecule has 2 heterocycles. The molecular formula is C21H26O5. The van der Waals surface area contributed by atoms with Gasteiger partial charge in [-0.25, -0.2) is 4.79 Å². The fourth-order valence-electron chi connectivity index (χ4n) is 5.55. The Morgan fingerprint density at radius 1 is 1.35 bits per heavy atom. The third-order valence-corrected chi connectivity index (χ3v) is 7.21. The van der Waals surface area contributed by atoms with Gasteiger partial charge in [0.2, 0.25) is 0 Å². The molecule has 140 valence electrons. The second kappa shape index (κ2) is 5.48. The lowest BCUT2D eigenvalue weighted by molar-refractivity contribution is -0.176. The van der Waals surface area contributed by atoms with Crippen LogP contribution in [0.4, 0.5) is 0 Å². The summed E-state index contributed by atoms with van der Waals surface area (Å²) in [5.74, 6) is -0.0120. The number of hydrogen-bond donors (Lipinski definition) is 0. The second-order valence-electron chi connectivity index (χ2n) is 8.28. The molecule has 0 N–H and O–H groups in total. The lowest BCUT2D eigenvalue weighted by atomic mass is 9.49. The average Bonchev–Trinajstić information content (AvgIpc) is 3.08. The zero-order chi connectivity index (χ0) is 18.9. The van der Waals surface area contributed by atoms with Crippen molar-refractivity contribution >= 4 is 11.9 Å². The molecule has 0 bridgehead atoms. The molecule has 2 aliphatic carbocycles. The van der Waals surface area contributed by atoms with Crippen LogP contribution in [0.3, 0.4) is 0 Å². The Labute approximate surface area is 153 Å². The predicted molar refractivity (Wildman–Crippen MR) is 94.1 cm³/mol. The number of carbonyl (C=O) groups is 2. The average molecular weight is 358 g/mol. The first kappa shape index (κ1) is 17.4. The Hall–Kier alpha value is -2.04. The minimum Gasteiger partial charge on any atom is -0.465 e. The maximum absolute atomic E-state index is 12.7. The first-order chi connectivity index (χ1) is 12.3. The van der Waals surface area contributed by atoms with E-state index in [9.17, 15) is 9.59 Å².